The molecule has 0 aliphatic carbocycles. The average Bonchev–Trinajstić information content (AvgIpc) is 3.20. The highest BCUT2D eigenvalue weighted by molar-refractivity contribution is 7.09. The molecule has 0 aliphatic heterocycles. The number of para-hydroxylation sites is 1. The molecule has 1 aromatic carbocycles. The number of rotatable bonds is 9. The second kappa shape index (κ2) is 9.80. The first-order valence-corrected chi connectivity index (χ1v) is 10.1. The molecule has 146 valence electrons. The van der Waals surface area contributed by atoms with Crippen molar-refractivity contribution < 1.29 is 9.53 Å². The summed E-state index contributed by atoms with van der Waals surface area (Å²) in [6.45, 7) is 2.04. The number of aryl methyl sites for hydroxylation is 2. The fraction of sp³-hybridized carbons (Fsp3) is 0.300. The lowest BCUT2D eigenvalue weighted by Gasteiger charge is -2.11. The van der Waals surface area contributed by atoms with Gasteiger partial charge in [0.1, 0.15) is 0 Å². The SMILES string of the molecule is CCc1ccccc1Nc1nc(N)nc(COC(=O)CCCc2cccs2)n1. The fourth-order valence-corrected chi connectivity index (χ4v) is 3.46. The predicted molar refractivity (Wildman–Crippen MR) is 110 cm³/mol. The number of nitrogen functional groups attached to an aromatic ring is 1. The largest absolute Gasteiger partial charge is 0.457 e. The lowest BCUT2D eigenvalue weighted by atomic mass is 10.1. The monoisotopic (exact) mass is 397 g/mol. The van der Waals surface area contributed by atoms with Crippen molar-refractivity contribution in [3.63, 3.8) is 0 Å². The van der Waals surface area contributed by atoms with Gasteiger partial charge in [0.05, 0.1) is 0 Å². The maximum Gasteiger partial charge on any atom is 0.306 e. The number of hydrogen-bond acceptors (Lipinski definition) is 8. The van der Waals surface area contributed by atoms with Gasteiger partial charge in [-0.1, -0.05) is 31.2 Å². The normalized spacial score (nSPS) is 10.6. The first-order chi connectivity index (χ1) is 13.6. The van der Waals surface area contributed by atoms with Crippen LogP contribution in [0.2, 0.25) is 0 Å². The van der Waals surface area contributed by atoms with Crippen molar-refractivity contribution in [2.75, 3.05) is 11.1 Å². The number of carbonyl (C=O) groups is 1. The zero-order valence-corrected chi connectivity index (χ0v) is 16.5. The maximum atomic E-state index is 12.0. The van der Waals surface area contributed by atoms with E-state index in [1.165, 1.54) is 4.88 Å². The molecule has 0 aliphatic rings. The molecular formula is C20H23N5O2S. The third-order valence-electron chi connectivity index (χ3n) is 4.09. The van der Waals surface area contributed by atoms with Crippen molar-refractivity contribution in [3.05, 3.63) is 58.0 Å². The molecular weight excluding hydrogens is 374 g/mol. The highest BCUT2D eigenvalue weighted by Crippen LogP contribution is 2.19. The van der Waals surface area contributed by atoms with Gasteiger partial charge in [-0.3, -0.25) is 4.79 Å². The molecule has 7 nitrogen and oxygen atoms in total. The summed E-state index contributed by atoms with van der Waals surface area (Å²) in [4.78, 5) is 25.7. The van der Waals surface area contributed by atoms with Gasteiger partial charge in [0.15, 0.2) is 12.4 Å². The Morgan fingerprint density at radius 2 is 2.04 bits per heavy atom. The van der Waals surface area contributed by atoms with E-state index in [0.717, 1.165) is 30.5 Å². The summed E-state index contributed by atoms with van der Waals surface area (Å²) >= 11 is 1.69. The summed E-state index contributed by atoms with van der Waals surface area (Å²) in [6, 6.07) is 12.0. The average molecular weight is 398 g/mol. The number of thiophene rings is 1. The minimum atomic E-state index is -0.277. The number of nitrogens with one attached hydrogen (secondary N) is 1. The van der Waals surface area contributed by atoms with E-state index in [9.17, 15) is 4.79 Å². The van der Waals surface area contributed by atoms with Gasteiger partial charge in [0, 0.05) is 17.0 Å². The zero-order valence-electron chi connectivity index (χ0n) is 15.7. The van der Waals surface area contributed by atoms with E-state index >= 15 is 0 Å². The summed E-state index contributed by atoms with van der Waals surface area (Å²) in [7, 11) is 0. The molecule has 2 heterocycles. The Bertz CT molecular complexity index is 915. The number of aromatic nitrogens is 3. The Kier molecular flexibility index (Phi) is 6.91. The van der Waals surface area contributed by atoms with Gasteiger partial charge >= 0.3 is 5.97 Å². The first-order valence-electron chi connectivity index (χ1n) is 9.17. The number of carbonyl (C=O) groups excluding carboxylic acids is 1. The van der Waals surface area contributed by atoms with Gasteiger partial charge in [-0.2, -0.15) is 15.0 Å². The molecule has 8 heteroatoms. The topological polar surface area (TPSA) is 103 Å². The van der Waals surface area contributed by atoms with Gasteiger partial charge in [-0.05, 0) is 42.3 Å². The molecule has 0 amide bonds. The van der Waals surface area contributed by atoms with Crippen LogP contribution in [-0.4, -0.2) is 20.9 Å². The molecule has 0 atom stereocenters. The summed E-state index contributed by atoms with van der Waals surface area (Å²) in [5, 5.41) is 5.19. The molecule has 0 radical (unpaired) electrons. The van der Waals surface area contributed by atoms with Crippen LogP contribution in [0.1, 0.15) is 36.0 Å². The molecule has 3 aromatic rings. The zero-order chi connectivity index (χ0) is 19.8. The van der Waals surface area contributed by atoms with Crippen LogP contribution in [0.4, 0.5) is 17.6 Å². The number of nitrogens with zero attached hydrogens (tertiary/aromatic N) is 3. The summed E-state index contributed by atoms with van der Waals surface area (Å²) in [5.74, 6) is 0.448. The Balaban J connectivity index is 1.54. The molecule has 2 aromatic heterocycles. The second-order valence-corrected chi connectivity index (χ2v) is 7.19. The summed E-state index contributed by atoms with van der Waals surface area (Å²) in [6.07, 6.45) is 2.85. The van der Waals surface area contributed by atoms with Gasteiger partial charge in [-0.25, -0.2) is 0 Å². The number of hydrogen-bond donors (Lipinski definition) is 2. The van der Waals surface area contributed by atoms with Crippen LogP contribution in [0, 0.1) is 0 Å². The fourth-order valence-electron chi connectivity index (χ4n) is 2.71. The van der Waals surface area contributed by atoms with Crippen molar-refractivity contribution in [1.82, 2.24) is 15.0 Å². The van der Waals surface area contributed by atoms with Gasteiger partial charge in [-0.15, -0.1) is 11.3 Å². The first kappa shape index (κ1) is 19.8. The van der Waals surface area contributed by atoms with Crippen LogP contribution in [0.15, 0.2) is 41.8 Å². The van der Waals surface area contributed by atoms with Crippen LogP contribution in [0.5, 0.6) is 0 Å². The lowest BCUT2D eigenvalue weighted by Crippen LogP contribution is -2.11. The Labute approximate surface area is 168 Å². The van der Waals surface area contributed by atoms with Crippen LogP contribution in [0.3, 0.4) is 0 Å². The van der Waals surface area contributed by atoms with Crippen molar-refractivity contribution in [2.24, 2.45) is 0 Å². The third kappa shape index (κ3) is 5.75. The molecule has 0 saturated heterocycles. The molecule has 28 heavy (non-hydrogen) atoms. The highest BCUT2D eigenvalue weighted by Gasteiger charge is 2.10. The number of ether oxygens (including phenoxy) is 1. The van der Waals surface area contributed by atoms with Crippen molar-refractivity contribution in [3.8, 4) is 0 Å². The number of nitrogens with two attached hydrogens (primary N) is 1. The Morgan fingerprint density at radius 1 is 1.18 bits per heavy atom. The van der Waals surface area contributed by atoms with E-state index in [1.54, 1.807) is 11.3 Å². The third-order valence-corrected chi connectivity index (χ3v) is 5.03. The van der Waals surface area contributed by atoms with E-state index in [2.05, 4.69) is 33.3 Å². The number of benzene rings is 1. The van der Waals surface area contributed by atoms with E-state index in [1.807, 2.05) is 35.7 Å². The number of anilines is 3. The van der Waals surface area contributed by atoms with Gasteiger partial charge in [0.25, 0.3) is 0 Å². The smallest absolute Gasteiger partial charge is 0.306 e. The minimum Gasteiger partial charge on any atom is -0.457 e. The standard InChI is InChI=1S/C20H23N5O2S/c1-2-14-7-3-4-10-16(14)22-20-24-17(23-19(21)25-20)13-27-18(26)11-5-8-15-9-6-12-28-15/h3-4,6-7,9-10,12H,2,5,8,11,13H2,1H3,(H3,21,22,23,24,25). The van der Waals surface area contributed by atoms with Crippen LogP contribution in [0.25, 0.3) is 0 Å². The minimum absolute atomic E-state index is 0.0331. The molecule has 0 spiro atoms. The van der Waals surface area contributed by atoms with E-state index in [-0.39, 0.29) is 18.5 Å². The van der Waals surface area contributed by atoms with Gasteiger partial charge in [0.2, 0.25) is 11.9 Å². The van der Waals surface area contributed by atoms with Crippen molar-refractivity contribution in [2.45, 2.75) is 39.2 Å². The summed E-state index contributed by atoms with van der Waals surface area (Å²) < 4.78 is 5.28. The lowest BCUT2D eigenvalue weighted by molar-refractivity contribution is -0.145. The maximum absolute atomic E-state index is 12.0. The second-order valence-electron chi connectivity index (χ2n) is 6.16. The molecule has 0 saturated carbocycles. The highest BCUT2D eigenvalue weighted by atomic mass is 32.1. The Hall–Kier alpha value is -3.00. The predicted octanol–water partition coefficient (Wildman–Crippen LogP) is 3.89. The summed E-state index contributed by atoms with van der Waals surface area (Å²) in [5.41, 5.74) is 7.83. The molecule has 3 N–H and O–H groups in total. The van der Waals surface area contributed by atoms with E-state index in [0.29, 0.717) is 18.2 Å². The van der Waals surface area contributed by atoms with Crippen molar-refractivity contribution in [1.29, 1.82) is 0 Å². The van der Waals surface area contributed by atoms with E-state index in [4.69, 9.17) is 10.5 Å². The molecule has 3 rings (SSSR count). The van der Waals surface area contributed by atoms with Crippen molar-refractivity contribution >= 4 is 34.9 Å². The van der Waals surface area contributed by atoms with Crippen LogP contribution < -0.4 is 11.1 Å². The van der Waals surface area contributed by atoms with E-state index < -0.39 is 0 Å². The van der Waals surface area contributed by atoms with Gasteiger partial charge < -0.3 is 15.8 Å². The quantitative estimate of drug-likeness (QED) is 0.528. The number of esters is 1. The van der Waals surface area contributed by atoms with Crippen LogP contribution >= 0.6 is 11.3 Å². The molecule has 0 fully saturated rings. The molecule has 0 unspecified atom stereocenters. The molecule has 0 bridgehead atoms. The Morgan fingerprint density at radius 3 is 2.82 bits per heavy atom. The van der Waals surface area contributed by atoms with Crippen LogP contribution in [-0.2, 0) is 29.0 Å².